The van der Waals surface area contributed by atoms with Crippen LogP contribution in [0.5, 0.6) is 0 Å². The van der Waals surface area contributed by atoms with Gasteiger partial charge in [-0.3, -0.25) is 9.59 Å². The van der Waals surface area contributed by atoms with Gasteiger partial charge in [0.25, 0.3) is 0 Å². The van der Waals surface area contributed by atoms with Gasteiger partial charge in [0.2, 0.25) is 0 Å². The first-order chi connectivity index (χ1) is 7.08. The highest BCUT2D eigenvalue weighted by Crippen LogP contribution is 2.25. The molecule has 1 aromatic rings. The molecule has 5 heteroatoms. The van der Waals surface area contributed by atoms with E-state index >= 15 is 0 Å². The van der Waals surface area contributed by atoms with Crippen molar-refractivity contribution in [1.29, 1.82) is 0 Å². The van der Waals surface area contributed by atoms with Crippen LogP contribution >= 0.6 is 31.9 Å². The van der Waals surface area contributed by atoms with Crippen molar-refractivity contribution in [3.63, 3.8) is 0 Å². The van der Waals surface area contributed by atoms with Crippen LogP contribution in [0.1, 0.15) is 15.9 Å². The summed E-state index contributed by atoms with van der Waals surface area (Å²) in [5.74, 6) is -0.318. The fraction of sp³-hybridized carbons (Fsp3) is 0.200. The molecule has 15 heavy (non-hydrogen) atoms. The molecule has 0 aliphatic rings. The van der Waals surface area contributed by atoms with Crippen LogP contribution in [-0.2, 0) is 16.0 Å². The fourth-order valence-corrected chi connectivity index (χ4v) is 2.04. The molecule has 0 saturated carbocycles. The van der Waals surface area contributed by atoms with E-state index in [0.717, 1.165) is 16.3 Å². The van der Waals surface area contributed by atoms with E-state index in [-0.39, 0.29) is 12.4 Å². The van der Waals surface area contributed by atoms with Crippen LogP contribution in [0.2, 0.25) is 0 Å². The van der Waals surface area contributed by atoms with Gasteiger partial charge in [-0.05, 0) is 17.7 Å². The predicted molar refractivity (Wildman–Crippen MR) is 62.9 cm³/mol. The van der Waals surface area contributed by atoms with Crippen molar-refractivity contribution >= 4 is 44.1 Å². The molecular weight excluding hydrogens is 328 g/mol. The predicted octanol–water partition coefficient (Wildman–Crippen LogP) is 2.74. The zero-order valence-corrected chi connectivity index (χ0v) is 11.1. The second kappa shape index (κ2) is 5.42. The summed E-state index contributed by atoms with van der Waals surface area (Å²) in [7, 11) is 1.34. The number of hydrogen-bond acceptors (Lipinski definition) is 3. The zero-order chi connectivity index (χ0) is 11.4. The maximum Gasteiger partial charge on any atom is 0.310 e. The third-order valence-electron chi connectivity index (χ3n) is 1.86. The first-order valence-electron chi connectivity index (χ1n) is 4.08. The molecule has 1 aromatic carbocycles. The van der Waals surface area contributed by atoms with Crippen molar-refractivity contribution in [3.05, 3.63) is 32.2 Å². The highest BCUT2D eigenvalue weighted by molar-refractivity contribution is 9.11. The van der Waals surface area contributed by atoms with Crippen molar-refractivity contribution in [2.75, 3.05) is 7.11 Å². The molecule has 0 aliphatic heterocycles. The highest BCUT2D eigenvalue weighted by atomic mass is 79.9. The number of rotatable bonds is 3. The van der Waals surface area contributed by atoms with Crippen molar-refractivity contribution in [3.8, 4) is 0 Å². The largest absolute Gasteiger partial charge is 0.469 e. The summed E-state index contributed by atoms with van der Waals surface area (Å²) in [5, 5.41) is 0. The van der Waals surface area contributed by atoms with Crippen LogP contribution in [0.25, 0.3) is 0 Å². The summed E-state index contributed by atoms with van der Waals surface area (Å²) in [6.07, 6.45) is 0.922. The van der Waals surface area contributed by atoms with Gasteiger partial charge in [0.1, 0.15) is 0 Å². The van der Waals surface area contributed by atoms with Gasteiger partial charge in [-0.25, -0.2) is 0 Å². The number of aldehydes is 1. The van der Waals surface area contributed by atoms with Gasteiger partial charge < -0.3 is 4.74 Å². The summed E-state index contributed by atoms with van der Waals surface area (Å²) in [6, 6.07) is 3.39. The van der Waals surface area contributed by atoms with E-state index in [0.29, 0.717) is 10.0 Å². The summed E-state index contributed by atoms with van der Waals surface area (Å²) in [6.45, 7) is 0. The first kappa shape index (κ1) is 12.4. The molecule has 0 spiro atoms. The van der Waals surface area contributed by atoms with Crippen molar-refractivity contribution in [1.82, 2.24) is 0 Å². The van der Waals surface area contributed by atoms with E-state index < -0.39 is 0 Å². The van der Waals surface area contributed by atoms with E-state index in [1.807, 2.05) is 0 Å². The first-order valence-corrected chi connectivity index (χ1v) is 5.67. The minimum Gasteiger partial charge on any atom is -0.469 e. The van der Waals surface area contributed by atoms with E-state index in [1.54, 1.807) is 12.1 Å². The molecule has 0 unspecified atom stereocenters. The summed E-state index contributed by atoms with van der Waals surface area (Å²) in [4.78, 5) is 21.7. The van der Waals surface area contributed by atoms with Crippen molar-refractivity contribution in [2.24, 2.45) is 0 Å². The molecule has 0 fully saturated rings. The molecule has 0 N–H and O–H groups in total. The molecule has 0 aromatic heterocycles. The third-order valence-corrected chi connectivity index (χ3v) is 3.28. The van der Waals surface area contributed by atoms with Crippen molar-refractivity contribution < 1.29 is 14.3 Å². The van der Waals surface area contributed by atoms with E-state index in [4.69, 9.17) is 0 Å². The molecule has 0 amide bonds. The average molecular weight is 336 g/mol. The van der Waals surface area contributed by atoms with Gasteiger partial charge in [-0.15, -0.1) is 0 Å². The molecule has 3 nitrogen and oxygen atoms in total. The SMILES string of the molecule is COC(=O)Cc1cc(Br)c(C=O)cc1Br. The van der Waals surface area contributed by atoms with Gasteiger partial charge in [0, 0.05) is 14.5 Å². The van der Waals surface area contributed by atoms with Gasteiger partial charge in [-0.1, -0.05) is 31.9 Å². The normalized spacial score (nSPS) is 9.80. The molecule has 80 valence electrons. The smallest absolute Gasteiger partial charge is 0.310 e. The Morgan fingerprint density at radius 3 is 2.60 bits per heavy atom. The van der Waals surface area contributed by atoms with Crippen LogP contribution in [0.3, 0.4) is 0 Å². The minimum absolute atomic E-state index is 0.175. The Kier molecular flexibility index (Phi) is 4.47. The number of ether oxygens (including phenoxy) is 1. The topological polar surface area (TPSA) is 43.4 Å². The van der Waals surface area contributed by atoms with E-state index in [2.05, 4.69) is 36.6 Å². The van der Waals surface area contributed by atoms with E-state index in [1.165, 1.54) is 7.11 Å². The lowest BCUT2D eigenvalue weighted by molar-refractivity contribution is -0.139. The molecule has 1 rings (SSSR count). The molecule has 0 heterocycles. The number of benzene rings is 1. The molecule has 0 atom stereocenters. The lowest BCUT2D eigenvalue weighted by Gasteiger charge is -2.05. The van der Waals surface area contributed by atoms with Crippen LogP contribution < -0.4 is 0 Å². The fourth-order valence-electron chi connectivity index (χ4n) is 1.06. The maximum absolute atomic E-state index is 11.1. The second-order valence-electron chi connectivity index (χ2n) is 2.84. The molecule has 0 aliphatic carbocycles. The molecule has 0 bridgehead atoms. The quantitative estimate of drug-likeness (QED) is 0.630. The number of carbonyl (C=O) groups excluding carboxylic acids is 2. The number of esters is 1. The lowest BCUT2D eigenvalue weighted by Crippen LogP contribution is -2.05. The zero-order valence-electron chi connectivity index (χ0n) is 7.92. The Labute approximate surface area is 104 Å². The van der Waals surface area contributed by atoms with Crippen LogP contribution in [0, 0.1) is 0 Å². The molecular formula is C10H8Br2O3. The summed E-state index contributed by atoms with van der Waals surface area (Å²) < 4.78 is 5.95. The van der Waals surface area contributed by atoms with Gasteiger partial charge >= 0.3 is 5.97 Å². The summed E-state index contributed by atoms with van der Waals surface area (Å²) >= 11 is 6.54. The number of halogens is 2. The van der Waals surface area contributed by atoms with Crippen molar-refractivity contribution in [2.45, 2.75) is 6.42 Å². The average Bonchev–Trinajstić information content (AvgIpc) is 2.22. The highest BCUT2D eigenvalue weighted by Gasteiger charge is 2.10. The van der Waals surface area contributed by atoms with Gasteiger partial charge in [0.15, 0.2) is 6.29 Å². The van der Waals surface area contributed by atoms with Gasteiger partial charge in [0.05, 0.1) is 13.5 Å². The molecule has 0 saturated heterocycles. The Hall–Kier alpha value is -0.680. The molecule has 0 radical (unpaired) electrons. The van der Waals surface area contributed by atoms with Crippen LogP contribution in [0.4, 0.5) is 0 Å². The standard InChI is InChI=1S/C10H8Br2O3/c1-15-10(14)4-6-2-9(12)7(5-13)3-8(6)11/h2-3,5H,4H2,1H3. The number of hydrogen-bond donors (Lipinski definition) is 0. The Morgan fingerprint density at radius 2 is 2.07 bits per heavy atom. The lowest BCUT2D eigenvalue weighted by atomic mass is 10.1. The Morgan fingerprint density at radius 1 is 1.40 bits per heavy atom. The maximum atomic E-state index is 11.1. The van der Waals surface area contributed by atoms with Gasteiger partial charge in [-0.2, -0.15) is 0 Å². The third kappa shape index (κ3) is 3.14. The number of methoxy groups -OCH3 is 1. The summed E-state index contributed by atoms with van der Waals surface area (Å²) in [5.41, 5.74) is 1.31. The number of carbonyl (C=O) groups is 2. The van der Waals surface area contributed by atoms with E-state index in [9.17, 15) is 9.59 Å². The Bertz CT molecular complexity index is 402. The Balaban J connectivity index is 3.05. The second-order valence-corrected chi connectivity index (χ2v) is 4.54. The van der Waals surface area contributed by atoms with Crippen LogP contribution in [-0.4, -0.2) is 19.4 Å². The minimum atomic E-state index is -0.318. The van der Waals surface area contributed by atoms with Crippen LogP contribution in [0.15, 0.2) is 21.1 Å². The monoisotopic (exact) mass is 334 g/mol.